The second-order valence-corrected chi connectivity index (χ2v) is 5.82. The van der Waals surface area contributed by atoms with E-state index in [0.717, 1.165) is 43.1 Å². The SMILES string of the molecule is COC(=O)CCC1CCN(c2ccnc(-c3ccccc3)n2)C1. The quantitative estimate of drug-likeness (QED) is 0.795. The Bertz CT molecular complexity index is 660. The molecule has 120 valence electrons. The van der Waals surface area contributed by atoms with Crippen LogP contribution < -0.4 is 4.90 Å². The molecule has 5 nitrogen and oxygen atoms in total. The summed E-state index contributed by atoms with van der Waals surface area (Å²) in [6.07, 6.45) is 4.27. The molecule has 0 N–H and O–H groups in total. The fraction of sp³-hybridized carbons (Fsp3) is 0.389. The maximum atomic E-state index is 11.3. The Morgan fingerprint density at radius 3 is 2.91 bits per heavy atom. The van der Waals surface area contributed by atoms with Gasteiger partial charge < -0.3 is 9.64 Å². The van der Waals surface area contributed by atoms with Crippen LogP contribution in [0.5, 0.6) is 0 Å². The van der Waals surface area contributed by atoms with Gasteiger partial charge in [0.2, 0.25) is 0 Å². The molecular weight excluding hydrogens is 290 g/mol. The number of ether oxygens (including phenoxy) is 1. The van der Waals surface area contributed by atoms with Crippen molar-refractivity contribution in [2.24, 2.45) is 5.92 Å². The van der Waals surface area contributed by atoms with Gasteiger partial charge in [-0.15, -0.1) is 0 Å². The predicted molar refractivity (Wildman–Crippen MR) is 89.0 cm³/mol. The van der Waals surface area contributed by atoms with Crippen LogP contribution in [0.15, 0.2) is 42.6 Å². The van der Waals surface area contributed by atoms with Crippen LogP contribution >= 0.6 is 0 Å². The smallest absolute Gasteiger partial charge is 0.305 e. The number of anilines is 1. The third kappa shape index (κ3) is 3.86. The Kier molecular flexibility index (Phi) is 4.86. The number of hydrogen-bond donors (Lipinski definition) is 0. The van der Waals surface area contributed by atoms with Crippen molar-refractivity contribution in [3.63, 3.8) is 0 Å². The first-order valence-corrected chi connectivity index (χ1v) is 7.96. The Balaban J connectivity index is 1.65. The first-order chi connectivity index (χ1) is 11.3. The summed E-state index contributed by atoms with van der Waals surface area (Å²) in [5.74, 6) is 2.10. The van der Waals surface area contributed by atoms with Gasteiger partial charge >= 0.3 is 5.97 Å². The van der Waals surface area contributed by atoms with Crippen LogP contribution in [-0.2, 0) is 9.53 Å². The Labute approximate surface area is 136 Å². The van der Waals surface area contributed by atoms with Gasteiger partial charge in [-0.1, -0.05) is 30.3 Å². The summed E-state index contributed by atoms with van der Waals surface area (Å²) in [7, 11) is 1.44. The Morgan fingerprint density at radius 2 is 2.13 bits per heavy atom. The molecule has 1 aliphatic rings. The number of aromatic nitrogens is 2. The maximum Gasteiger partial charge on any atom is 0.305 e. The van der Waals surface area contributed by atoms with E-state index in [0.29, 0.717) is 12.3 Å². The molecule has 1 unspecified atom stereocenters. The fourth-order valence-corrected chi connectivity index (χ4v) is 2.95. The molecule has 0 bridgehead atoms. The highest BCUT2D eigenvalue weighted by atomic mass is 16.5. The molecule has 3 rings (SSSR count). The summed E-state index contributed by atoms with van der Waals surface area (Å²) in [4.78, 5) is 22.6. The minimum Gasteiger partial charge on any atom is -0.469 e. The molecule has 1 aliphatic heterocycles. The van der Waals surface area contributed by atoms with Gasteiger partial charge in [0.15, 0.2) is 5.82 Å². The van der Waals surface area contributed by atoms with Gasteiger partial charge in [0.05, 0.1) is 7.11 Å². The van der Waals surface area contributed by atoms with Crippen molar-refractivity contribution in [3.05, 3.63) is 42.6 Å². The van der Waals surface area contributed by atoms with Crippen LogP contribution in [-0.4, -0.2) is 36.1 Å². The van der Waals surface area contributed by atoms with Crippen molar-refractivity contribution in [1.29, 1.82) is 0 Å². The van der Waals surface area contributed by atoms with E-state index in [9.17, 15) is 4.79 Å². The lowest BCUT2D eigenvalue weighted by atomic mass is 10.0. The van der Waals surface area contributed by atoms with Crippen LogP contribution in [0.4, 0.5) is 5.82 Å². The van der Waals surface area contributed by atoms with Gasteiger partial charge in [0, 0.05) is 31.3 Å². The predicted octanol–water partition coefficient (Wildman–Crippen LogP) is 2.92. The van der Waals surface area contributed by atoms with E-state index in [1.165, 1.54) is 7.11 Å². The standard InChI is InChI=1S/C18H21N3O2/c1-23-17(22)8-7-14-10-12-21(13-14)16-9-11-19-18(20-16)15-5-3-2-4-6-15/h2-6,9,11,14H,7-8,10,12-13H2,1H3. The number of hydrogen-bond acceptors (Lipinski definition) is 5. The van der Waals surface area contributed by atoms with E-state index in [1.54, 1.807) is 0 Å². The third-order valence-corrected chi connectivity index (χ3v) is 4.27. The van der Waals surface area contributed by atoms with E-state index in [4.69, 9.17) is 9.72 Å². The van der Waals surface area contributed by atoms with Gasteiger partial charge in [0.1, 0.15) is 5.82 Å². The monoisotopic (exact) mass is 311 g/mol. The number of carbonyl (C=O) groups excluding carboxylic acids is 1. The Hall–Kier alpha value is -2.43. The van der Waals surface area contributed by atoms with Gasteiger partial charge in [-0.3, -0.25) is 4.79 Å². The average molecular weight is 311 g/mol. The van der Waals surface area contributed by atoms with Gasteiger partial charge in [-0.05, 0) is 24.8 Å². The zero-order valence-electron chi connectivity index (χ0n) is 13.3. The molecule has 2 heterocycles. The van der Waals surface area contributed by atoms with Crippen LogP contribution in [0, 0.1) is 5.92 Å². The van der Waals surface area contributed by atoms with E-state index in [1.807, 2.05) is 42.6 Å². The summed E-state index contributed by atoms with van der Waals surface area (Å²) in [5, 5.41) is 0. The molecule has 1 saturated heterocycles. The zero-order chi connectivity index (χ0) is 16.1. The van der Waals surface area contributed by atoms with Crippen LogP contribution in [0.2, 0.25) is 0 Å². The number of carbonyl (C=O) groups is 1. The normalized spacial score (nSPS) is 17.3. The summed E-state index contributed by atoms with van der Waals surface area (Å²) in [6.45, 7) is 1.90. The molecule has 23 heavy (non-hydrogen) atoms. The number of benzene rings is 1. The molecule has 1 aromatic heterocycles. The zero-order valence-corrected chi connectivity index (χ0v) is 13.3. The lowest BCUT2D eigenvalue weighted by Gasteiger charge is -2.18. The number of nitrogens with zero attached hydrogens (tertiary/aromatic N) is 3. The van der Waals surface area contributed by atoms with E-state index < -0.39 is 0 Å². The van der Waals surface area contributed by atoms with Crippen molar-refractivity contribution < 1.29 is 9.53 Å². The minimum atomic E-state index is -0.128. The van der Waals surface area contributed by atoms with E-state index in [2.05, 4.69) is 9.88 Å². The summed E-state index contributed by atoms with van der Waals surface area (Å²) >= 11 is 0. The second-order valence-electron chi connectivity index (χ2n) is 5.82. The topological polar surface area (TPSA) is 55.3 Å². The molecule has 0 amide bonds. The van der Waals surface area contributed by atoms with Crippen molar-refractivity contribution >= 4 is 11.8 Å². The maximum absolute atomic E-state index is 11.3. The van der Waals surface area contributed by atoms with Crippen molar-refractivity contribution in [2.45, 2.75) is 19.3 Å². The second kappa shape index (κ2) is 7.22. The van der Waals surface area contributed by atoms with Crippen LogP contribution in [0.25, 0.3) is 11.4 Å². The highest BCUT2D eigenvalue weighted by molar-refractivity contribution is 5.69. The highest BCUT2D eigenvalue weighted by Crippen LogP contribution is 2.26. The van der Waals surface area contributed by atoms with Crippen molar-refractivity contribution in [3.8, 4) is 11.4 Å². The highest BCUT2D eigenvalue weighted by Gasteiger charge is 2.24. The largest absolute Gasteiger partial charge is 0.469 e. The number of rotatable bonds is 5. The van der Waals surface area contributed by atoms with Crippen LogP contribution in [0.1, 0.15) is 19.3 Å². The molecule has 0 radical (unpaired) electrons. The van der Waals surface area contributed by atoms with Crippen molar-refractivity contribution in [1.82, 2.24) is 9.97 Å². The lowest BCUT2D eigenvalue weighted by Crippen LogP contribution is -2.21. The van der Waals surface area contributed by atoms with Gasteiger partial charge in [-0.2, -0.15) is 0 Å². The summed E-state index contributed by atoms with van der Waals surface area (Å²) < 4.78 is 4.71. The average Bonchev–Trinajstić information content (AvgIpc) is 3.09. The fourth-order valence-electron chi connectivity index (χ4n) is 2.95. The first-order valence-electron chi connectivity index (χ1n) is 7.96. The molecule has 1 fully saturated rings. The molecule has 1 atom stereocenters. The first kappa shape index (κ1) is 15.5. The molecule has 2 aromatic rings. The Morgan fingerprint density at radius 1 is 1.30 bits per heavy atom. The molecule has 0 spiro atoms. The molecule has 0 aliphatic carbocycles. The van der Waals surface area contributed by atoms with Crippen LogP contribution in [0.3, 0.4) is 0 Å². The van der Waals surface area contributed by atoms with Gasteiger partial charge in [0.25, 0.3) is 0 Å². The molecule has 1 aromatic carbocycles. The third-order valence-electron chi connectivity index (χ3n) is 4.27. The lowest BCUT2D eigenvalue weighted by molar-refractivity contribution is -0.140. The molecule has 5 heteroatoms. The van der Waals surface area contributed by atoms with Crippen molar-refractivity contribution in [2.75, 3.05) is 25.1 Å². The number of methoxy groups -OCH3 is 1. The van der Waals surface area contributed by atoms with E-state index >= 15 is 0 Å². The minimum absolute atomic E-state index is 0.128. The van der Waals surface area contributed by atoms with E-state index in [-0.39, 0.29) is 5.97 Å². The summed E-state index contributed by atoms with van der Waals surface area (Å²) in [6, 6.07) is 12.0. The molecular formula is C18H21N3O2. The van der Waals surface area contributed by atoms with Gasteiger partial charge in [-0.25, -0.2) is 9.97 Å². The summed E-state index contributed by atoms with van der Waals surface area (Å²) in [5.41, 5.74) is 1.02. The molecule has 0 saturated carbocycles. The number of esters is 1.